The van der Waals surface area contributed by atoms with Crippen LogP contribution in [0.1, 0.15) is 52.7 Å². The summed E-state index contributed by atoms with van der Waals surface area (Å²) in [6.45, 7) is 13.9. The van der Waals surface area contributed by atoms with Crippen molar-refractivity contribution in [2.75, 3.05) is 9.80 Å². The third-order valence-electron chi connectivity index (χ3n) is 19.0. The fourth-order valence-corrected chi connectivity index (χ4v) is 15.0. The lowest BCUT2D eigenvalue weighted by Gasteiger charge is -2.38. The van der Waals surface area contributed by atoms with Crippen molar-refractivity contribution < 1.29 is 8.83 Å². The van der Waals surface area contributed by atoms with Gasteiger partial charge in [0.25, 0.3) is 0 Å². The molecule has 0 amide bonds. The number of anilines is 6. The first-order valence-electron chi connectivity index (χ1n) is 32.1. The minimum absolute atomic E-state index is 0.193. The molecule has 0 bridgehead atoms. The highest BCUT2D eigenvalue weighted by Crippen LogP contribution is 2.66. The van der Waals surface area contributed by atoms with Crippen molar-refractivity contribution in [2.45, 2.75) is 52.4 Å². The van der Waals surface area contributed by atoms with Gasteiger partial charge in [-0.3, -0.25) is 0 Å². The van der Waals surface area contributed by atoms with E-state index in [9.17, 15) is 0 Å². The van der Waals surface area contributed by atoms with Crippen molar-refractivity contribution in [3.8, 4) is 66.8 Å². The molecular weight excluding hydrogens is 1120 g/mol. The Balaban J connectivity index is 1.01. The molecule has 16 aromatic rings. The molecule has 0 saturated heterocycles. The van der Waals surface area contributed by atoms with Crippen LogP contribution >= 0.6 is 0 Å². The molecule has 0 aliphatic heterocycles. The maximum atomic E-state index is 6.98. The van der Waals surface area contributed by atoms with Gasteiger partial charge in [0.15, 0.2) is 11.2 Å². The van der Waals surface area contributed by atoms with Crippen LogP contribution in [0.5, 0.6) is 0 Å². The molecule has 1 aliphatic carbocycles. The molecule has 14 aromatic carbocycles. The smallest absolute Gasteiger partial charge is 0.159 e. The van der Waals surface area contributed by atoms with E-state index in [0.29, 0.717) is 0 Å². The Morgan fingerprint density at radius 1 is 0.228 bits per heavy atom. The molecule has 17 rings (SSSR count). The quantitative estimate of drug-likeness (QED) is 0.137. The Hall–Kier alpha value is -11.2. The second-order valence-electron chi connectivity index (χ2n) is 26.6. The summed E-state index contributed by atoms with van der Waals surface area (Å²) >= 11 is 0. The third kappa shape index (κ3) is 8.65. The summed E-state index contributed by atoms with van der Waals surface area (Å²) in [5, 5.41) is 9.03. The van der Waals surface area contributed by atoms with Gasteiger partial charge < -0.3 is 18.6 Å². The summed E-state index contributed by atoms with van der Waals surface area (Å²) in [5.74, 6) is 0. The standard InChI is InChI=1S/C88H66N2O2/c1-87(2,3)69-41-21-23-43-71(69)89(73-45-27-39-65-61-37-19-25-47-75(61)91-85(65)73)59-49-51-63-67(53-59)79(57-33-15-9-16-34-57)83-81(77(63)55-29-11-7-12-30-55)84-80(58-35-17-10-18-36-58)68-54-60(50-52-64(68)78(82(83)84)56-31-13-8-14-32-56)90(72-44-24-22-42-70(72)88(4,5)6)74-46-28-40-66-62-38-20-26-48-76(62)92-86(66)74/h7-54H,1-6H3. The molecule has 0 radical (unpaired) electrons. The first-order chi connectivity index (χ1) is 45.0. The molecule has 1 aliphatic rings. The zero-order valence-electron chi connectivity index (χ0n) is 52.4. The molecule has 0 saturated carbocycles. The van der Waals surface area contributed by atoms with Crippen molar-refractivity contribution in [1.29, 1.82) is 0 Å². The van der Waals surface area contributed by atoms with Crippen molar-refractivity contribution in [2.24, 2.45) is 0 Å². The summed E-state index contributed by atoms with van der Waals surface area (Å²) in [4.78, 5) is 4.92. The van der Waals surface area contributed by atoms with Gasteiger partial charge in [-0.2, -0.15) is 0 Å². The second kappa shape index (κ2) is 21.2. The van der Waals surface area contributed by atoms with Gasteiger partial charge in [0.2, 0.25) is 0 Å². The zero-order valence-corrected chi connectivity index (χ0v) is 52.4. The molecule has 0 fully saturated rings. The maximum absolute atomic E-state index is 6.98. The Bertz CT molecular complexity index is 5230. The molecule has 92 heavy (non-hydrogen) atoms. The van der Waals surface area contributed by atoms with Crippen molar-refractivity contribution >= 4 is 99.5 Å². The van der Waals surface area contributed by atoms with Crippen LogP contribution in [0.2, 0.25) is 0 Å². The number of benzene rings is 14. The fourth-order valence-electron chi connectivity index (χ4n) is 15.0. The second-order valence-corrected chi connectivity index (χ2v) is 26.6. The molecule has 4 nitrogen and oxygen atoms in total. The average Bonchev–Trinajstić information content (AvgIpc) is 0.768. The van der Waals surface area contributed by atoms with E-state index in [1.807, 2.05) is 0 Å². The molecule has 0 spiro atoms. The minimum atomic E-state index is -0.193. The van der Waals surface area contributed by atoms with Crippen molar-refractivity contribution in [1.82, 2.24) is 0 Å². The van der Waals surface area contributed by atoms with Gasteiger partial charge in [-0.15, -0.1) is 0 Å². The predicted octanol–water partition coefficient (Wildman–Crippen LogP) is 25.6. The van der Waals surface area contributed by atoms with Gasteiger partial charge in [0.05, 0.1) is 11.4 Å². The van der Waals surface area contributed by atoms with E-state index in [4.69, 9.17) is 8.83 Å². The average molecular weight is 1180 g/mol. The molecule has 2 aromatic heterocycles. The summed E-state index contributed by atoms with van der Waals surface area (Å²) in [5.41, 5.74) is 26.2. The summed E-state index contributed by atoms with van der Waals surface area (Å²) < 4.78 is 14.0. The van der Waals surface area contributed by atoms with Crippen LogP contribution in [0.3, 0.4) is 0 Å². The monoisotopic (exact) mass is 1180 g/mol. The van der Waals surface area contributed by atoms with Gasteiger partial charge in [0.1, 0.15) is 11.2 Å². The Kier molecular flexibility index (Phi) is 12.7. The number of rotatable bonds is 10. The van der Waals surface area contributed by atoms with Crippen LogP contribution in [0.4, 0.5) is 34.1 Å². The Morgan fingerprint density at radius 3 is 0.880 bits per heavy atom. The predicted molar refractivity (Wildman–Crippen MR) is 389 cm³/mol. The lowest BCUT2D eigenvalue weighted by Crippen LogP contribution is -2.19. The number of hydrogen-bond acceptors (Lipinski definition) is 4. The molecule has 0 unspecified atom stereocenters. The van der Waals surface area contributed by atoms with Gasteiger partial charge in [-0.1, -0.05) is 272 Å². The maximum Gasteiger partial charge on any atom is 0.159 e. The molecular formula is C88H66N2O2. The number of para-hydroxylation sites is 6. The van der Waals surface area contributed by atoms with Crippen LogP contribution in [0.25, 0.3) is 132 Å². The largest absolute Gasteiger partial charge is 0.454 e. The van der Waals surface area contributed by atoms with E-state index >= 15 is 0 Å². The Morgan fingerprint density at radius 2 is 0.522 bits per heavy atom. The van der Waals surface area contributed by atoms with Crippen molar-refractivity contribution in [3.05, 3.63) is 302 Å². The number of nitrogens with zero attached hydrogens (tertiary/aromatic N) is 2. The highest BCUT2D eigenvalue weighted by Gasteiger charge is 2.40. The van der Waals surface area contributed by atoms with E-state index in [2.05, 4.69) is 343 Å². The van der Waals surface area contributed by atoms with Gasteiger partial charge in [-0.05, 0) is 171 Å². The number of fused-ring (bicyclic) bond motifs is 12. The molecule has 440 valence electrons. The number of furan rings is 2. The summed E-state index contributed by atoms with van der Waals surface area (Å²) in [6, 6.07) is 107. The molecule has 2 heterocycles. The van der Waals surface area contributed by atoms with E-state index in [-0.39, 0.29) is 10.8 Å². The highest BCUT2D eigenvalue weighted by molar-refractivity contribution is 6.33. The van der Waals surface area contributed by atoms with Crippen LogP contribution in [0.15, 0.2) is 300 Å². The SMILES string of the molecule is CC(C)(C)c1ccccc1N(c1ccc2c(-c3ccccc3)c3c(c(-c4ccccc4)c2c1)-c1c-3c(-c2ccccc2)c2cc(N(c3ccccc3C(C)(C)C)c3cccc4c3oc3ccccc34)ccc2c1-c1ccccc1)c1cccc2c1oc1ccccc12. The van der Waals surface area contributed by atoms with Gasteiger partial charge in [0, 0.05) is 44.3 Å². The fraction of sp³-hybridized carbons (Fsp3) is 0.0909. The van der Waals surface area contributed by atoms with Gasteiger partial charge >= 0.3 is 0 Å². The normalized spacial score (nSPS) is 12.2. The zero-order chi connectivity index (χ0) is 62.0. The first-order valence-corrected chi connectivity index (χ1v) is 32.1. The summed E-state index contributed by atoms with van der Waals surface area (Å²) in [7, 11) is 0. The van der Waals surface area contributed by atoms with E-state index < -0.39 is 0 Å². The van der Waals surface area contributed by atoms with Crippen LogP contribution < -0.4 is 9.80 Å². The van der Waals surface area contributed by atoms with Crippen molar-refractivity contribution in [3.63, 3.8) is 0 Å². The van der Waals surface area contributed by atoms with E-state index in [1.54, 1.807) is 0 Å². The lowest BCUT2D eigenvalue weighted by atomic mass is 9.65. The lowest BCUT2D eigenvalue weighted by molar-refractivity contribution is 0.590. The number of hydrogen-bond donors (Lipinski definition) is 0. The van der Waals surface area contributed by atoms with Gasteiger partial charge in [-0.25, -0.2) is 0 Å². The van der Waals surface area contributed by atoms with Crippen LogP contribution in [-0.2, 0) is 10.8 Å². The Labute approximate surface area is 536 Å². The molecule has 4 heteroatoms. The topological polar surface area (TPSA) is 32.8 Å². The molecule has 0 N–H and O–H groups in total. The first kappa shape index (κ1) is 54.9. The third-order valence-corrected chi connectivity index (χ3v) is 19.0. The van der Waals surface area contributed by atoms with E-state index in [0.717, 1.165) is 111 Å². The van der Waals surface area contributed by atoms with Crippen LogP contribution in [-0.4, -0.2) is 0 Å². The highest BCUT2D eigenvalue weighted by atomic mass is 16.3. The molecule has 0 atom stereocenters. The minimum Gasteiger partial charge on any atom is -0.454 e. The van der Waals surface area contributed by atoms with E-state index in [1.165, 1.54) is 66.4 Å². The summed E-state index contributed by atoms with van der Waals surface area (Å²) in [6.07, 6.45) is 0. The van der Waals surface area contributed by atoms with Crippen LogP contribution in [0, 0.1) is 0 Å².